The average Bonchev–Trinajstić information content (AvgIpc) is 2.99. The van der Waals surface area contributed by atoms with Gasteiger partial charge in [0.25, 0.3) is 0 Å². The Morgan fingerprint density at radius 1 is 1.08 bits per heavy atom. The number of aromatic nitrogens is 2. The maximum Gasteiger partial charge on any atom is 0.348 e. The molecule has 8 nitrogen and oxygen atoms in total. The summed E-state index contributed by atoms with van der Waals surface area (Å²) in [5.41, 5.74) is 4.01. The highest BCUT2D eigenvalue weighted by atomic mass is 19.1. The molecule has 1 fully saturated rings. The molecule has 10 heteroatoms. The molecule has 4 rings (SSSR count). The van der Waals surface area contributed by atoms with Crippen molar-refractivity contribution < 1.29 is 23.1 Å². The van der Waals surface area contributed by atoms with E-state index in [9.17, 15) is 18.8 Å². The number of likely N-dealkylation sites (tertiary alicyclic amines) is 1. The minimum absolute atomic E-state index is 0.0140. The third kappa shape index (κ3) is 8.75. The predicted molar refractivity (Wildman–Crippen MR) is 184 cm³/mol. The number of rotatable bonds is 14. The fraction of sp³-hybridized carbons (Fsp3) is 0.526. The summed E-state index contributed by atoms with van der Waals surface area (Å²) in [6.45, 7) is 16.2. The van der Waals surface area contributed by atoms with E-state index >= 15 is 4.39 Å². The second-order valence-electron chi connectivity index (χ2n) is 13.8. The molecule has 2 heterocycles. The van der Waals surface area contributed by atoms with E-state index in [2.05, 4.69) is 10.3 Å². The lowest BCUT2D eigenvalue weighted by molar-refractivity contribution is -0.144. The largest absolute Gasteiger partial charge is 0.466 e. The van der Waals surface area contributed by atoms with Crippen molar-refractivity contribution in [1.82, 2.24) is 19.8 Å². The monoisotopic (exact) mass is 664 g/mol. The molecular formula is C38H50F2N4O4. The fourth-order valence-electron chi connectivity index (χ4n) is 6.75. The lowest BCUT2D eigenvalue weighted by Crippen LogP contribution is -2.57. The summed E-state index contributed by atoms with van der Waals surface area (Å²) in [6.07, 6.45) is 2.79. The molecule has 1 N–H and O–H groups in total. The number of esters is 1. The number of carbonyl (C=O) groups is 2. The highest BCUT2D eigenvalue weighted by Crippen LogP contribution is 2.34. The van der Waals surface area contributed by atoms with Crippen LogP contribution in [0.1, 0.15) is 93.1 Å². The second-order valence-corrected chi connectivity index (χ2v) is 13.8. The van der Waals surface area contributed by atoms with Gasteiger partial charge in [-0.3, -0.25) is 19.1 Å². The van der Waals surface area contributed by atoms with Gasteiger partial charge < -0.3 is 10.1 Å². The first kappa shape index (κ1) is 36.9. The van der Waals surface area contributed by atoms with Gasteiger partial charge in [0.1, 0.15) is 17.5 Å². The molecule has 0 spiro atoms. The summed E-state index contributed by atoms with van der Waals surface area (Å²) in [7, 11) is 0. The molecule has 0 unspecified atom stereocenters. The molecule has 0 bridgehead atoms. The van der Waals surface area contributed by atoms with Gasteiger partial charge in [0.15, 0.2) is 0 Å². The van der Waals surface area contributed by atoms with E-state index in [1.165, 1.54) is 4.57 Å². The van der Waals surface area contributed by atoms with E-state index < -0.39 is 41.1 Å². The lowest BCUT2D eigenvalue weighted by Gasteiger charge is -2.42. The van der Waals surface area contributed by atoms with E-state index in [1.807, 2.05) is 57.7 Å². The number of nitrogens with zero attached hydrogens (tertiary/aromatic N) is 3. The molecule has 1 saturated heterocycles. The van der Waals surface area contributed by atoms with Crippen molar-refractivity contribution >= 4 is 11.9 Å². The average molecular weight is 665 g/mol. The smallest absolute Gasteiger partial charge is 0.348 e. The van der Waals surface area contributed by atoms with E-state index in [-0.39, 0.29) is 24.5 Å². The van der Waals surface area contributed by atoms with E-state index in [4.69, 9.17) is 4.74 Å². The third-order valence-corrected chi connectivity index (χ3v) is 9.01. The Labute approximate surface area is 282 Å². The van der Waals surface area contributed by atoms with E-state index in [1.54, 1.807) is 39.1 Å². The molecule has 0 aliphatic carbocycles. The van der Waals surface area contributed by atoms with Gasteiger partial charge >= 0.3 is 11.7 Å². The number of hydrogen-bond donors (Lipinski definition) is 1. The molecule has 260 valence electrons. The number of halogens is 2. The summed E-state index contributed by atoms with van der Waals surface area (Å²) in [5.74, 6) is -1.62. The maximum atomic E-state index is 16.0. The van der Waals surface area contributed by atoms with Crippen LogP contribution in [0.15, 0.2) is 41.3 Å². The first-order chi connectivity index (χ1) is 22.6. The van der Waals surface area contributed by atoms with Gasteiger partial charge in [-0.1, -0.05) is 39.0 Å². The van der Waals surface area contributed by atoms with E-state index in [0.29, 0.717) is 50.2 Å². The molecule has 1 aromatic heterocycles. The zero-order valence-electron chi connectivity index (χ0n) is 29.6. The summed E-state index contributed by atoms with van der Waals surface area (Å²) in [5, 5.41) is 2.94. The normalized spacial score (nSPS) is 15.6. The van der Waals surface area contributed by atoms with Gasteiger partial charge in [-0.05, 0) is 105 Å². The standard InChI is InChI=1S/C38H50F2N4O4/c1-9-30-27(14-15-43-21-38(8,40)22-43)20-44(37(47)42-30)32(16-23(3)4)36(46)41-31(19-33(45)48-10-2)29-18-28(17-26(7)35(29)39)34-24(5)12-11-13-25(34)6/h11-13,17-18,20,23,31-32H,9-10,14-16,19,21-22H2,1-8H3,(H,41,46)/t31-,32-/m0/s1. The number of aryl methyl sites for hydroxylation is 4. The lowest BCUT2D eigenvalue weighted by atomic mass is 9.90. The molecule has 1 aliphatic rings. The fourth-order valence-corrected chi connectivity index (χ4v) is 6.75. The number of amides is 1. The number of alkyl halides is 1. The second kappa shape index (κ2) is 15.5. The maximum absolute atomic E-state index is 16.0. The van der Waals surface area contributed by atoms with Crippen molar-refractivity contribution in [1.29, 1.82) is 0 Å². The third-order valence-electron chi connectivity index (χ3n) is 9.01. The summed E-state index contributed by atoms with van der Waals surface area (Å²) < 4.78 is 36.7. The van der Waals surface area contributed by atoms with Crippen molar-refractivity contribution in [3.63, 3.8) is 0 Å². The van der Waals surface area contributed by atoms with Crippen LogP contribution in [0.3, 0.4) is 0 Å². The van der Waals surface area contributed by atoms with Crippen molar-refractivity contribution in [3.8, 4) is 11.1 Å². The molecule has 1 amide bonds. The van der Waals surface area contributed by atoms with Gasteiger partial charge in [-0.15, -0.1) is 0 Å². The highest BCUT2D eigenvalue weighted by Gasteiger charge is 2.38. The summed E-state index contributed by atoms with van der Waals surface area (Å²) in [6, 6.07) is 7.37. The van der Waals surface area contributed by atoms with E-state index in [0.717, 1.165) is 27.8 Å². The molecule has 48 heavy (non-hydrogen) atoms. The van der Waals surface area contributed by atoms with Gasteiger partial charge in [0.05, 0.1) is 24.8 Å². The zero-order valence-corrected chi connectivity index (χ0v) is 29.6. The van der Waals surface area contributed by atoms with Crippen LogP contribution in [0.5, 0.6) is 0 Å². The Morgan fingerprint density at radius 3 is 2.33 bits per heavy atom. The first-order valence-corrected chi connectivity index (χ1v) is 17.0. The Bertz CT molecular complexity index is 1670. The number of hydrogen-bond acceptors (Lipinski definition) is 6. The van der Waals surface area contributed by atoms with Crippen LogP contribution in [0.25, 0.3) is 11.1 Å². The van der Waals surface area contributed by atoms with Gasteiger partial charge in [-0.25, -0.2) is 13.6 Å². The van der Waals surface area contributed by atoms with Gasteiger partial charge in [-0.2, -0.15) is 4.98 Å². The number of nitrogens with one attached hydrogen (secondary N) is 1. The topological polar surface area (TPSA) is 93.5 Å². The zero-order chi connectivity index (χ0) is 35.3. The molecule has 2 aromatic carbocycles. The van der Waals surface area contributed by atoms with Crippen molar-refractivity contribution in [2.24, 2.45) is 5.92 Å². The summed E-state index contributed by atoms with van der Waals surface area (Å²) >= 11 is 0. The summed E-state index contributed by atoms with van der Waals surface area (Å²) in [4.78, 5) is 46.9. The van der Waals surface area contributed by atoms with Crippen LogP contribution in [0.4, 0.5) is 8.78 Å². The molecule has 3 aromatic rings. The van der Waals surface area contributed by atoms with Crippen LogP contribution in [0.2, 0.25) is 0 Å². The minimum Gasteiger partial charge on any atom is -0.466 e. The van der Waals surface area contributed by atoms with Crippen LogP contribution in [-0.2, 0) is 27.2 Å². The Balaban J connectivity index is 1.74. The molecule has 1 aliphatic heterocycles. The SMILES string of the molecule is CCOC(=O)C[C@H](NC(=O)[C@H](CC(C)C)n1cc(CCN2CC(C)(F)C2)c(CC)nc1=O)c1cc(-c2c(C)cccc2C)cc(C)c1F. The van der Waals surface area contributed by atoms with Crippen LogP contribution >= 0.6 is 0 Å². The Hall–Kier alpha value is -3.92. The predicted octanol–water partition coefficient (Wildman–Crippen LogP) is 6.52. The van der Waals surface area contributed by atoms with Crippen LogP contribution in [-0.4, -0.2) is 58.2 Å². The minimum atomic E-state index is -1.19. The van der Waals surface area contributed by atoms with Crippen LogP contribution < -0.4 is 11.0 Å². The van der Waals surface area contributed by atoms with Gasteiger partial charge in [0.2, 0.25) is 5.91 Å². The first-order valence-electron chi connectivity index (χ1n) is 17.0. The van der Waals surface area contributed by atoms with Crippen molar-refractivity contribution in [2.75, 3.05) is 26.2 Å². The quantitative estimate of drug-likeness (QED) is 0.197. The van der Waals surface area contributed by atoms with Crippen molar-refractivity contribution in [3.05, 3.63) is 86.3 Å². The Morgan fingerprint density at radius 2 is 1.75 bits per heavy atom. The molecule has 0 saturated carbocycles. The number of benzene rings is 2. The number of ether oxygens (including phenoxy) is 1. The van der Waals surface area contributed by atoms with Crippen molar-refractivity contribution in [2.45, 2.75) is 98.8 Å². The Kier molecular flexibility index (Phi) is 11.9. The molecule has 0 radical (unpaired) electrons. The number of carbonyl (C=O) groups excluding carboxylic acids is 2. The van der Waals surface area contributed by atoms with Crippen LogP contribution in [0, 0.1) is 32.5 Å². The molecular weight excluding hydrogens is 614 g/mol. The molecule has 2 atom stereocenters. The van der Waals surface area contributed by atoms with Gasteiger partial charge in [0, 0.05) is 31.4 Å². The highest BCUT2D eigenvalue weighted by molar-refractivity contribution is 5.82.